The van der Waals surface area contributed by atoms with E-state index in [2.05, 4.69) is 31.4 Å². The van der Waals surface area contributed by atoms with Crippen LogP contribution in [0.15, 0.2) is 24.3 Å². The molecule has 1 atom stereocenters. The minimum absolute atomic E-state index is 0.0262. The first-order chi connectivity index (χ1) is 9.35. The van der Waals surface area contributed by atoms with Crippen molar-refractivity contribution in [2.45, 2.75) is 33.2 Å². The summed E-state index contributed by atoms with van der Waals surface area (Å²) in [5.74, 6) is -0.231. The van der Waals surface area contributed by atoms with Gasteiger partial charge in [0.1, 0.15) is 0 Å². The number of nitrogens with one attached hydrogen (secondary N) is 2. The molecule has 0 aromatic heterocycles. The highest BCUT2D eigenvalue weighted by molar-refractivity contribution is 5.94. The van der Waals surface area contributed by atoms with Gasteiger partial charge < -0.3 is 15.7 Å². The van der Waals surface area contributed by atoms with Gasteiger partial charge in [-0.25, -0.2) is 0 Å². The quantitative estimate of drug-likeness (QED) is 0.694. The predicted octanol–water partition coefficient (Wildman–Crippen LogP) is 1.78. The van der Waals surface area contributed by atoms with Gasteiger partial charge in [-0.15, -0.1) is 0 Å². The van der Waals surface area contributed by atoms with Crippen LogP contribution in [0.25, 0.3) is 0 Å². The summed E-state index contributed by atoms with van der Waals surface area (Å²) in [6, 6.07) is 6.30. The molecule has 0 aliphatic carbocycles. The topological polar surface area (TPSA) is 78.4 Å². The van der Waals surface area contributed by atoms with Gasteiger partial charge in [0.2, 0.25) is 6.41 Å². The van der Waals surface area contributed by atoms with E-state index in [0.717, 1.165) is 0 Å². The standard InChI is InChI=1S/C15H22N2O3/c1-15(2,3)8-13(9-18)17-14(20)11-4-6-12(7-5-11)16-10-19/h4-7,10,13,18H,8-9H2,1-3H3,(H,16,19)(H,17,20). The maximum absolute atomic E-state index is 12.1. The maximum Gasteiger partial charge on any atom is 0.251 e. The number of hydrogen-bond acceptors (Lipinski definition) is 3. The van der Waals surface area contributed by atoms with Crippen molar-refractivity contribution in [1.82, 2.24) is 5.32 Å². The molecule has 0 aliphatic heterocycles. The average Bonchev–Trinajstić information content (AvgIpc) is 2.37. The van der Waals surface area contributed by atoms with E-state index in [-0.39, 0.29) is 24.0 Å². The minimum atomic E-state index is -0.268. The van der Waals surface area contributed by atoms with Crippen LogP contribution in [-0.4, -0.2) is 30.1 Å². The summed E-state index contributed by atoms with van der Waals surface area (Å²) in [6.45, 7) is 6.08. The molecule has 1 aromatic carbocycles. The van der Waals surface area contributed by atoms with Crippen LogP contribution in [0.4, 0.5) is 5.69 Å². The Labute approximate surface area is 119 Å². The molecule has 0 fully saturated rings. The van der Waals surface area contributed by atoms with Crippen LogP contribution < -0.4 is 10.6 Å². The van der Waals surface area contributed by atoms with Crippen LogP contribution in [0.1, 0.15) is 37.6 Å². The zero-order valence-corrected chi connectivity index (χ0v) is 12.1. The smallest absolute Gasteiger partial charge is 0.251 e. The van der Waals surface area contributed by atoms with Crippen molar-refractivity contribution in [1.29, 1.82) is 0 Å². The fraction of sp³-hybridized carbons (Fsp3) is 0.467. The Morgan fingerprint density at radius 3 is 2.35 bits per heavy atom. The molecule has 0 saturated carbocycles. The van der Waals surface area contributed by atoms with Crippen LogP contribution >= 0.6 is 0 Å². The average molecular weight is 278 g/mol. The highest BCUT2D eigenvalue weighted by atomic mass is 16.3. The summed E-state index contributed by atoms with van der Waals surface area (Å²) in [6.07, 6.45) is 1.28. The summed E-state index contributed by atoms with van der Waals surface area (Å²) >= 11 is 0. The molecule has 0 aliphatic rings. The van der Waals surface area contributed by atoms with Crippen molar-refractivity contribution in [2.24, 2.45) is 5.41 Å². The fourth-order valence-electron chi connectivity index (χ4n) is 1.96. The number of carbonyl (C=O) groups excluding carboxylic acids is 2. The molecule has 20 heavy (non-hydrogen) atoms. The van der Waals surface area contributed by atoms with Gasteiger partial charge in [-0.2, -0.15) is 0 Å². The lowest BCUT2D eigenvalue weighted by atomic mass is 9.88. The lowest BCUT2D eigenvalue weighted by molar-refractivity contribution is -0.105. The third-order valence-corrected chi connectivity index (χ3v) is 2.79. The summed E-state index contributed by atoms with van der Waals surface area (Å²) in [5.41, 5.74) is 1.15. The van der Waals surface area contributed by atoms with Crippen LogP contribution in [-0.2, 0) is 4.79 Å². The van der Waals surface area contributed by atoms with Gasteiger partial charge >= 0.3 is 0 Å². The first-order valence-corrected chi connectivity index (χ1v) is 6.57. The number of aliphatic hydroxyl groups excluding tert-OH is 1. The van der Waals surface area contributed by atoms with Crippen LogP contribution in [0.2, 0.25) is 0 Å². The highest BCUT2D eigenvalue weighted by Gasteiger charge is 2.20. The Kier molecular flexibility index (Phi) is 5.70. The minimum Gasteiger partial charge on any atom is -0.394 e. The van der Waals surface area contributed by atoms with Crippen LogP contribution in [0, 0.1) is 5.41 Å². The lowest BCUT2D eigenvalue weighted by Crippen LogP contribution is -2.40. The van der Waals surface area contributed by atoms with E-state index in [1.165, 1.54) is 0 Å². The molecule has 3 N–H and O–H groups in total. The van der Waals surface area contributed by atoms with E-state index < -0.39 is 0 Å². The SMILES string of the molecule is CC(C)(C)CC(CO)NC(=O)c1ccc(NC=O)cc1. The molecule has 5 nitrogen and oxygen atoms in total. The molecular formula is C15H22N2O3. The third-order valence-electron chi connectivity index (χ3n) is 2.79. The Morgan fingerprint density at radius 2 is 1.90 bits per heavy atom. The van der Waals surface area contributed by atoms with E-state index in [9.17, 15) is 14.7 Å². The van der Waals surface area contributed by atoms with E-state index >= 15 is 0 Å². The molecule has 0 spiro atoms. The monoisotopic (exact) mass is 278 g/mol. The van der Waals surface area contributed by atoms with E-state index in [1.54, 1.807) is 24.3 Å². The summed E-state index contributed by atoms with van der Waals surface area (Å²) in [5, 5.41) is 14.7. The number of carbonyl (C=O) groups is 2. The normalized spacial score (nSPS) is 12.6. The van der Waals surface area contributed by atoms with Crippen LogP contribution in [0.3, 0.4) is 0 Å². The molecule has 0 bridgehead atoms. The van der Waals surface area contributed by atoms with Gasteiger partial charge in [0.15, 0.2) is 0 Å². The Hall–Kier alpha value is -1.88. The van der Waals surface area contributed by atoms with Crippen LogP contribution in [0.5, 0.6) is 0 Å². The number of amides is 2. The Bertz CT molecular complexity index is 449. The molecule has 1 aromatic rings. The Balaban J connectivity index is 2.66. The van der Waals surface area contributed by atoms with Crippen molar-refractivity contribution in [3.05, 3.63) is 29.8 Å². The fourth-order valence-corrected chi connectivity index (χ4v) is 1.96. The predicted molar refractivity (Wildman–Crippen MR) is 78.5 cm³/mol. The summed E-state index contributed by atoms with van der Waals surface area (Å²) in [4.78, 5) is 22.3. The van der Waals surface area contributed by atoms with Gasteiger partial charge in [-0.05, 0) is 36.1 Å². The van der Waals surface area contributed by atoms with E-state index in [4.69, 9.17) is 0 Å². The molecule has 110 valence electrons. The third kappa shape index (κ3) is 5.40. The highest BCUT2D eigenvalue weighted by Crippen LogP contribution is 2.20. The first kappa shape index (κ1) is 16.2. The number of aliphatic hydroxyl groups is 1. The van der Waals surface area contributed by atoms with Crippen molar-refractivity contribution < 1.29 is 14.7 Å². The van der Waals surface area contributed by atoms with Crippen molar-refractivity contribution in [2.75, 3.05) is 11.9 Å². The van der Waals surface area contributed by atoms with Gasteiger partial charge in [0.25, 0.3) is 5.91 Å². The number of rotatable bonds is 6. The Morgan fingerprint density at radius 1 is 1.30 bits per heavy atom. The second kappa shape index (κ2) is 7.05. The van der Waals surface area contributed by atoms with Crippen molar-refractivity contribution >= 4 is 18.0 Å². The number of benzene rings is 1. The van der Waals surface area contributed by atoms with Gasteiger partial charge in [-0.1, -0.05) is 20.8 Å². The zero-order valence-electron chi connectivity index (χ0n) is 12.1. The number of anilines is 1. The maximum atomic E-state index is 12.1. The molecule has 2 amide bonds. The largest absolute Gasteiger partial charge is 0.394 e. The number of hydrogen-bond donors (Lipinski definition) is 3. The van der Waals surface area contributed by atoms with Gasteiger partial charge in [0.05, 0.1) is 12.6 Å². The molecule has 0 radical (unpaired) electrons. The van der Waals surface area contributed by atoms with E-state index in [1.807, 2.05) is 0 Å². The molecule has 0 saturated heterocycles. The second-order valence-corrected chi connectivity index (χ2v) is 5.96. The lowest BCUT2D eigenvalue weighted by Gasteiger charge is -2.25. The summed E-state index contributed by atoms with van der Waals surface area (Å²) < 4.78 is 0. The van der Waals surface area contributed by atoms with Gasteiger partial charge in [0, 0.05) is 11.3 Å². The zero-order chi connectivity index (χ0) is 15.2. The second-order valence-electron chi connectivity index (χ2n) is 5.96. The molecule has 1 rings (SSSR count). The summed E-state index contributed by atoms with van der Waals surface area (Å²) in [7, 11) is 0. The molecule has 1 unspecified atom stereocenters. The van der Waals surface area contributed by atoms with Gasteiger partial charge in [-0.3, -0.25) is 9.59 Å². The first-order valence-electron chi connectivity index (χ1n) is 6.57. The molecule has 5 heteroatoms. The molecule has 0 heterocycles. The van der Waals surface area contributed by atoms with Crippen molar-refractivity contribution in [3.63, 3.8) is 0 Å². The molecular weight excluding hydrogens is 256 g/mol. The van der Waals surface area contributed by atoms with E-state index in [0.29, 0.717) is 24.1 Å². The van der Waals surface area contributed by atoms with Crippen molar-refractivity contribution in [3.8, 4) is 0 Å².